The van der Waals surface area contributed by atoms with Gasteiger partial charge < -0.3 is 44.5 Å². The molecule has 1 fully saturated rings. The first-order valence-corrected chi connectivity index (χ1v) is 16.8. The van der Waals surface area contributed by atoms with Gasteiger partial charge in [-0.15, -0.1) is 6.58 Å². The Bertz CT molecular complexity index is 973. The van der Waals surface area contributed by atoms with Gasteiger partial charge >= 0.3 is 5.97 Å². The van der Waals surface area contributed by atoms with Crippen LogP contribution in [0, 0.1) is 23.7 Å². The second-order valence-electron chi connectivity index (χ2n) is 14.3. The van der Waals surface area contributed by atoms with Gasteiger partial charge in [0.25, 0.3) is 0 Å². The quantitative estimate of drug-likeness (QED) is 0.159. The van der Waals surface area contributed by atoms with E-state index < -0.39 is 59.7 Å². The van der Waals surface area contributed by atoms with Crippen LogP contribution < -0.4 is 5.32 Å². The predicted octanol–water partition coefficient (Wildman–Crippen LogP) is 3.68. The lowest BCUT2D eigenvalue weighted by molar-refractivity contribution is -0.301. The molecule has 10 heteroatoms. The van der Waals surface area contributed by atoms with Crippen molar-refractivity contribution in [1.29, 1.82) is 0 Å². The molecule has 2 rings (SSSR count). The number of cyclic esters (lactones) is 1. The van der Waals surface area contributed by atoms with E-state index in [9.17, 15) is 20.1 Å². The molecule has 0 aromatic rings. The Labute approximate surface area is 272 Å². The van der Waals surface area contributed by atoms with Crippen LogP contribution in [0.5, 0.6) is 0 Å². The predicted molar refractivity (Wildman–Crippen MR) is 177 cm³/mol. The normalized spacial score (nSPS) is 43.7. The number of nitrogens with zero attached hydrogens (tertiary/aromatic N) is 1. The van der Waals surface area contributed by atoms with E-state index in [1.165, 1.54) is 0 Å². The Balaban J connectivity index is 2.63. The summed E-state index contributed by atoms with van der Waals surface area (Å²) in [6.07, 6.45) is 1.37. The Kier molecular flexibility index (Phi) is 15.2. The average Bonchev–Trinajstić information content (AvgIpc) is 2.97. The van der Waals surface area contributed by atoms with Crippen LogP contribution in [-0.4, -0.2) is 115 Å². The largest absolute Gasteiger partial charge is 0.459 e. The minimum atomic E-state index is -1.36. The fourth-order valence-corrected chi connectivity index (χ4v) is 7.50. The number of aliphatic hydroxyl groups is 3. The number of methoxy groups -OCH3 is 1. The number of esters is 1. The molecule has 1 saturated heterocycles. The molecule has 0 spiro atoms. The first-order valence-electron chi connectivity index (χ1n) is 16.8. The highest BCUT2D eigenvalue weighted by molar-refractivity contribution is 5.73. The number of ether oxygens (including phenoxy) is 4. The molecule has 13 atom stereocenters. The van der Waals surface area contributed by atoms with Gasteiger partial charge in [0.05, 0.1) is 29.8 Å². The van der Waals surface area contributed by atoms with Crippen molar-refractivity contribution in [3.63, 3.8) is 0 Å². The lowest BCUT2D eigenvalue weighted by Crippen LogP contribution is -2.59. The number of hydrogen-bond acceptors (Lipinski definition) is 10. The monoisotopic (exact) mass is 640 g/mol. The minimum absolute atomic E-state index is 0.0153. The molecule has 0 saturated carbocycles. The second kappa shape index (κ2) is 17.2. The van der Waals surface area contributed by atoms with Crippen LogP contribution >= 0.6 is 0 Å². The van der Waals surface area contributed by atoms with Gasteiger partial charge in [-0.05, 0) is 86.9 Å². The van der Waals surface area contributed by atoms with Crippen molar-refractivity contribution in [3.05, 3.63) is 24.3 Å². The van der Waals surface area contributed by atoms with Crippen LogP contribution in [0.2, 0.25) is 0 Å². The summed E-state index contributed by atoms with van der Waals surface area (Å²) in [7, 11) is 5.46. The van der Waals surface area contributed by atoms with Crippen LogP contribution in [0.25, 0.3) is 0 Å². The molecule has 0 aromatic heterocycles. The number of allylic oxidation sites excluding steroid dienone is 1. The highest BCUT2D eigenvalue weighted by Gasteiger charge is 2.50. The number of aliphatic hydroxyl groups excluding tert-OH is 2. The van der Waals surface area contributed by atoms with Crippen molar-refractivity contribution >= 4 is 5.97 Å². The molecule has 0 radical (unpaired) electrons. The van der Waals surface area contributed by atoms with Crippen molar-refractivity contribution in [1.82, 2.24) is 10.2 Å². The molecule has 10 nitrogen and oxygen atoms in total. The zero-order valence-corrected chi connectivity index (χ0v) is 29.8. The van der Waals surface area contributed by atoms with E-state index in [0.29, 0.717) is 38.8 Å². The van der Waals surface area contributed by atoms with Gasteiger partial charge in [0.15, 0.2) is 6.29 Å². The van der Waals surface area contributed by atoms with Crippen molar-refractivity contribution in [2.75, 3.05) is 34.3 Å². The standard InChI is InChI=1S/C35H64N2O8/c1-13-16-36-17-15-26-22(4)18-21(3)20-34(8,42-12)31(45-33-30(39)27(37(10)11)19-23(5)43-33)24(6)29(38)25(7)32(40)44-28(14-2)35(26,9)41/h13,18,21,23-31,33,36,38-39,41H,1,14-17,19-20H2,2-12H3/b22-18-/t21-,23+,24-,25+,26+,27-,28+,29+,30+,31+,33-,34+,35-/m0/s1. The van der Waals surface area contributed by atoms with Crippen molar-refractivity contribution in [3.8, 4) is 0 Å². The zero-order valence-electron chi connectivity index (χ0n) is 29.8. The van der Waals surface area contributed by atoms with E-state index in [4.69, 9.17) is 18.9 Å². The van der Waals surface area contributed by atoms with Crippen molar-refractivity contribution in [2.45, 2.75) is 135 Å². The third-order valence-corrected chi connectivity index (χ3v) is 10.2. The number of hydrogen-bond donors (Lipinski definition) is 4. The molecule has 2 aliphatic rings. The molecular formula is C35H64N2O8. The first kappa shape index (κ1) is 39.8. The van der Waals surface area contributed by atoms with Gasteiger partial charge in [-0.3, -0.25) is 4.79 Å². The number of rotatable bonds is 10. The molecule has 0 amide bonds. The summed E-state index contributed by atoms with van der Waals surface area (Å²) in [5.41, 5.74) is -1.31. The SMILES string of the molecule is C=CCNCC[C@@H]1/C(C)=C\[C@H](C)C[C@@](C)(OC)[C@H](O[C@@H]2O[C@H](C)C[C@H](N(C)C)[C@H]2O)[C@@H](C)[C@@H](O)[C@@H](C)C(=O)O[C@H](CC)[C@@]1(C)O. The van der Waals surface area contributed by atoms with Crippen LogP contribution in [-0.2, 0) is 23.7 Å². The molecule has 262 valence electrons. The summed E-state index contributed by atoms with van der Waals surface area (Å²) in [5, 5.41) is 38.4. The highest BCUT2D eigenvalue weighted by Crippen LogP contribution is 2.40. The molecule has 2 heterocycles. The average molecular weight is 641 g/mol. The Morgan fingerprint density at radius 2 is 1.82 bits per heavy atom. The molecule has 2 aliphatic heterocycles. The molecule has 0 unspecified atom stereocenters. The van der Waals surface area contributed by atoms with Crippen molar-refractivity contribution in [2.24, 2.45) is 23.7 Å². The van der Waals surface area contributed by atoms with Gasteiger partial charge in [0, 0.05) is 31.5 Å². The van der Waals surface area contributed by atoms with E-state index in [0.717, 1.165) is 5.57 Å². The summed E-state index contributed by atoms with van der Waals surface area (Å²) in [5.74, 6) is -2.46. The number of nitrogens with one attached hydrogen (secondary N) is 1. The molecule has 0 aliphatic carbocycles. The fourth-order valence-electron chi connectivity index (χ4n) is 7.50. The smallest absolute Gasteiger partial charge is 0.311 e. The maximum atomic E-state index is 13.6. The summed E-state index contributed by atoms with van der Waals surface area (Å²) in [6, 6.07) is -0.179. The van der Waals surface area contributed by atoms with Gasteiger partial charge in [-0.1, -0.05) is 38.5 Å². The van der Waals surface area contributed by atoms with Gasteiger partial charge in [-0.25, -0.2) is 0 Å². The molecular weight excluding hydrogens is 576 g/mol. The third kappa shape index (κ3) is 9.83. The van der Waals surface area contributed by atoms with Crippen LogP contribution in [0.1, 0.15) is 81.1 Å². The first-order chi connectivity index (χ1) is 20.9. The lowest BCUT2D eigenvalue weighted by atomic mass is 9.74. The van der Waals surface area contributed by atoms with E-state index in [2.05, 4.69) is 24.9 Å². The van der Waals surface area contributed by atoms with Crippen LogP contribution in [0.3, 0.4) is 0 Å². The maximum Gasteiger partial charge on any atom is 0.311 e. The molecule has 4 N–H and O–H groups in total. The van der Waals surface area contributed by atoms with E-state index in [1.807, 2.05) is 53.6 Å². The number of likely N-dealkylation sites (N-methyl/N-ethyl adjacent to an activating group) is 1. The van der Waals surface area contributed by atoms with Gasteiger partial charge in [0.2, 0.25) is 0 Å². The Morgan fingerprint density at radius 1 is 1.18 bits per heavy atom. The second-order valence-corrected chi connectivity index (χ2v) is 14.3. The Hall–Kier alpha value is -1.37. The molecule has 0 aromatic carbocycles. The Morgan fingerprint density at radius 3 is 2.38 bits per heavy atom. The number of carbonyl (C=O) groups excluding carboxylic acids is 1. The lowest BCUT2D eigenvalue weighted by Gasteiger charge is -2.48. The van der Waals surface area contributed by atoms with Crippen molar-refractivity contribution < 1.29 is 39.1 Å². The number of carbonyl (C=O) groups is 1. The summed E-state index contributed by atoms with van der Waals surface area (Å²) < 4.78 is 25.0. The van der Waals surface area contributed by atoms with Gasteiger partial charge in [-0.2, -0.15) is 0 Å². The maximum absolute atomic E-state index is 13.6. The van der Waals surface area contributed by atoms with Gasteiger partial charge in [0.1, 0.15) is 17.8 Å². The molecule has 0 bridgehead atoms. The highest BCUT2D eigenvalue weighted by atomic mass is 16.7. The van der Waals surface area contributed by atoms with Crippen LogP contribution in [0.4, 0.5) is 0 Å². The van der Waals surface area contributed by atoms with E-state index in [1.54, 1.807) is 27.0 Å². The van der Waals surface area contributed by atoms with E-state index >= 15 is 0 Å². The zero-order chi connectivity index (χ0) is 34.3. The minimum Gasteiger partial charge on any atom is -0.459 e. The van der Waals surface area contributed by atoms with Crippen LogP contribution in [0.15, 0.2) is 24.3 Å². The summed E-state index contributed by atoms with van der Waals surface area (Å²) >= 11 is 0. The molecule has 45 heavy (non-hydrogen) atoms. The summed E-state index contributed by atoms with van der Waals surface area (Å²) in [4.78, 5) is 15.6. The third-order valence-electron chi connectivity index (χ3n) is 10.2. The van der Waals surface area contributed by atoms with E-state index in [-0.39, 0.29) is 24.0 Å². The fraction of sp³-hybridized carbons (Fsp3) is 0.857. The summed E-state index contributed by atoms with van der Waals surface area (Å²) in [6.45, 7) is 20.2. The topological polar surface area (TPSA) is 130 Å².